The van der Waals surface area contributed by atoms with Crippen LogP contribution in [0.5, 0.6) is 0 Å². The van der Waals surface area contributed by atoms with Gasteiger partial charge < -0.3 is 10.6 Å². The van der Waals surface area contributed by atoms with Gasteiger partial charge in [-0.2, -0.15) is 0 Å². The first-order valence-electron chi connectivity index (χ1n) is 5.78. The smallest absolute Gasteiger partial charge is 0.0952 e. The Balaban J connectivity index is 2.19. The maximum atomic E-state index is 7.47. The summed E-state index contributed by atoms with van der Waals surface area (Å²) in [6, 6.07) is 9.01. The van der Waals surface area contributed by atoms with Gasteiger partial charge in [0.2, 0.25) is 0 Å². The number of rotatable bonds is 3. The van der Waals surface area contributed by atoms with Crippen molar-refractivity contribution >= 4 is 11.5 Å². The summed E-state index contributed by atoms with van der Waals surface area (Å²) in [6.07, 6.45) is 1.10. The lowest BCUT2D eigenvalue weighted by atomic mass is 10.1. The number of para-hydroxylation sites is 1. The van der Waals surface area contributed by atoms with Crippen molar-refractivity contribution < 1.29 is 0 Å². The lowest BCUT2D eigenvalue weighted by molar-refractivity contribution is 0.619. The van der Waals surface area contributed by atoms with Gasteiger partial charge in [0.15, 0.2) is 0 Å². The number of nitrogens with one attached hydrogen (secondary N) is 1. The number of nitrogens with two attached hydrogens (primary N) is 1. The van der Waals surface area contributed by atoms with E-state index in [2.05, 4.69) is 36.1 Å². The van der Waals surface area contributed by atoms with Crippen molar-refractivity contribution in [1.82, 2.24) is 0 Å². The molecule has 1 aromatic rings. The van der Waals surface area contributed by atoms with E-state index in [9.17, 15) is 0 Å². The Morgan fingerprint density at radius 2 is 2.25 bits per heavy atom. The fourth-order valence-corrected chi connectivity index (χ4v) is 2.30. The van der Waals surface area contributed by atoms with Gasteiger partial charge in [0, 0.05) is 24.2 Å². The molecule has 3 N–H and O–H groups in total. The minimum atomic E-state index is 0.119. The summed E-state index contributed by atoms with van der Waals surface area (Å²) >= 11 is 0. The standard InChI is InChI=1S/C13H19N3/c1-9(13(14)15)8-16-10(2)7-11-5-3-4-6-12(11)16/h3-6,9-10H,7-8H2,1-2H3,(H3,14,15). The minimum Gasteiger partial charge on any atom is -0.387 e. The Bertz CT molecular complexity index is 400. The van der Waals surface area contributed by atoms with Crippen LogP contribution in [-0.4, -0.2) is 18.4 Å². The van der Waals surface area contributed by atoms with Crippen molar-refractivity contribution in [2.75, 3.05) is 11.4 Å². The van der Waals surface area contributed by atoms with Crippen molar-refractivity contribution in [2.24, 2.45) is 11.7 Å². The molecule has 1 heterocycles. The van der Waals surface area contributed by atoms with E-state index in [1.54, 1.807) is 0 Å². The van der Waals surface area contributed by atoms with E-state index >= 15 is 0 Å². The SMILES string of the molecule is CC(CN1c2ccccc2CC1C)C(=N)N. The molecule has 3 nitrogen and oxygen atoms in total. The van der Waals surface area contributed by atoms with Gasteiger partial charge in [-0.15, -0.1) is 0 Å². The van der Waals surface area contributed by atoms with Gasteiger partial charge in [-0.1, -0.05) is 25.1 Å². The highest BCUT2D eigenvalue weighted by atomic mass is 15.2. The number of fused-ring (bicyclic) bond motifs is 1. The summed E-state index contributed by atoms with van der Waals surface area (Å²) in [4.78, 5) is 2.36. The van der Waals surface area contributed by atoms with Gasteiger partial charge in [0.25, 0.3) is 0 Å². The number of amidine groups is 1. The molecule has 1 aliphatic rings. The second kappa shape index (κ2) is 4.16. The Hall–Kier alpha value is -1.51. The molecule has 16 heavy (non-hydrogen) atoms. The number of benzene rings is 1. The van der Waals surface area contributed by atoms with Gasteiger partial charge in [-0.25, -0.2) is 0 Å². The Labute approximate surface area is 96.8 Å². The highest BCUT2D eigenvalue weighted by molar-refractivity contribution is 5.80. The molecule has 86 valence electrons. The molecule has 0 radical (unpaired) electrons. The van der Waals surface area contributed by atoms with E-state index in [0.717, 1.165) is 13.0 Å². The summed E-state index contributed by atoms with van der Waals surface area (Å²) in [5, 5.41) is 7.47. The van der Waals surface area contributed by atoms with Gasteiger partial charge in [-0.05, 0) is 25.0 Å². The van der Waals surface area contributed by atoms with Crippen molar-refractivity contribution in [3.63, 3.8) is 0 Å². The van der Waals surface area contributed by atoms with E-state index in [1.165, 1.54) is 11.3 Å². The molecule has 0 spiro atoms. The zero-order chi connectivity index (χ0) is 11.7. The second-order valence-corrected chi connectivity index (χ2v) is 4.69. The summed E-state index contributed by atoms with van der Waals surface area (Å²) < 4.78 is 0. The van der Waals surface area contributed by atoms with Gasteiger partial charge in [0.05, 0.1) is 5.84 Å². The van der Waals surface area contributed by atoms with Crippen LogP contribution in [0, 0.1) is 11.3 Å². The third-order valence-electron chi connectivity index (χ3n) is 3.35. The van der Waals surface area contributed by atoms with Crippen LogP contribution in [0.25, 0.3) is 0 Å². The van der Waals surface area contributed by atoms with Crippen LogP contribution in [0.2, 0.25) is 0 Å². The van der Waals surface area contributed by atoms with E-state index in [4.69, 9.17) is 11.1 Å². The maximum absolute atomic E-state index is 7.47. The van der Waals surface area contributed by atoms with Crippen LogP contribution in [-0.2, 0) is 6.42 Å². The fourth-order valence-electron chi connectivity index (χ4n) is 2.30. The summed E-state index contributed by atoms with van der Waals surface area (Å²) in [5.41, 5.74) is 8.25. The number of hydrogen-bond donors (Lipinski definition) is 2. The van der Waals surface area contributed by atoms with E-state index in [0.29, 0.717) is 6.04 Å². The molecule has 1 aliphatic heterocycles. The highest BCUT2D eigenvalue weighted by Gasteiger charge is 2.26. The van der Waals surface area contributed by atoms with Crippen molar-refractivity contribution in [3.05, 3.63) is 29.8 Å². The normalized spacial score (nSPS) is 20.6. The van der Waals surface area contributed by atoms with Crippen molar-refractivity contribution in [2.45, 2.75) is 26.3 Å². The largest absolute Gasteiger partial charge is 0.387 e. The molecular weight excluding hydrogens is 198 g/mol. The zero-order valence-corrected chi connectivity index (χ0v) is 9.90. The first-order valence-corrected chi connectivity index (χ1v) is 5.78. The molecule has 0 amide bonds. The van der Waals surface area contributed by atoms with Crippen LogP contribution in [0.4, 0.5) is 5.69 Å². The molecule has 2 atom stereocenters. The molecule has 0 fully saturated rings. The predicted molar refractivity (Wildman–Crippen MR) is 68.0 cm³/mol. The lowest BCUT2D eigenvalue weighted by Crippen LogP contribution is -2.37. The monoisotopic (exact) mass is 217 g/mol. The molecule has 0 aromatic heterocycles. The Kier molecular flexibility index (Phi) is 2.86. The highest BCUT2D eigenvalue weighted by Crippen LogP contribution is 2.32. The van der Waals surface area contributed by atoms with Gasteiger partial charge >= 0.3 is 0 Å². The fraction of sp³-hybridized carbons (Fsp3) is 0.462. The molecule has 2 unspecified atom stereocenters. The van der Waals surface area contributed by atoms with E-state index < -0.39 is 0 Å². The average Bonchev–Trinajstić information content (AvgIpc) is 2.55. The first kappa shape index (κ1) is 11.0. The molecule has 0 bridgehead atoms. The molecule has 3 heteroatoms. The van der Waals surface area contributed by atoms with Gasteiger partial charge in [0.1, 0.15) is 0 Å². The van der Waals surface area contributed by atoms with Crippen LogP contribution < -0.4 is 10.6 Å². The lowest BCUT2D eigenvalue weighted by Gasteiger charge is -2.27. The third-order valence-corrected chi connectivity index (χ3v) is 3.35. The van der Waals surface area contributed by atoms with Crippen LogP contribution in [0.3, 0.4) is 0 Å². The van der Waals surface area contributed by atoms with Crippen LogP contribution in [0.15, 0.2) is 24.3 Å². The molecule has 2 rings (SSSR count). The molecule has 0 saturated carbocycles. The average molecular weight is 217 g/mol. The summed E-state index contributed by atoms with van der Waals surface area (Å²) in [5.74, 6) is 0.394. The molecule has 0 aliphatic carbocycles. The number of nitrogens with zero attached hydrogens (tertiary/aromatic N) is 1. The Morgan fingerprint density at radius 1 is 1.56 bits per heavy atom. The summed E-state index contributed by atoms with van der Waals surface area (Å²) in [7, 11) is 0. The topological polar surface area (TPSA) is 53.1 Å². The van der Waals surface area contributed by atoms with Crippen molar-refractivity contribution in [1.29, 1.82) is 5.41 Å². The number of anilines is 1. The van der Waals surface area contributed by atoms with E-state index in [1.807, 2.05) is 6.92 Å². The molecular formula is C13H19N3. The maximum Gasteiger partial charge on any atom is 0.0952 e. The third kappa shape index (κ3) is 1.90. The van der Waals surface area contributed by atoms with Gasteiger partial charge in [-0.3, -0.25) is 5.41 Å². The quantitative estimate of drug-likeness (QED) is 0.601. The van der Waals surface area contributed by atoms with Crippen molar-refractivity contribution in [3.8, 4) is 0 Å². The van der Waals surface area contributed by atoms with Crippen LogP contribution >= 0.6 is 0 Å². The second-order valence-electron chi connectivity index (χ2n) is 4.69. The first-order chi connectivity index (χ1) is 7.59. The number of hydrogen-bond acceptors (Lipinski definition) is 2. The molecule has 1 aromatic carbocycles. The van der Waals surface area contributed by atoms with Crippen LogP contribution in [0.1, 0.15) is 19.4 Å². The minimum absolute atomic E-state index is 0.119. The Morgan fingerprint density at radius 3 is 2.94 bits per heavy atom. The van der Waals surface area contributed by atoms with E-state index in [-0.39, 0.29) is 11.8 Å². The predicted octanol–water partition coefficient (Wildman–Crippen LogP) is 2.01. The zero-order valence-electron chi connectivity index (χ0n) is 9.90. The molecule has 0 saturated heterocycles. The summed E-state index contributed by atoms with van der Waals surface area (Å²) in [6.45, 7) is 5.08.